The number of rotatable bonds is 2. The van der Waals surface area contributed by atoms with Crippen molar-refractivity contribution in [2.24, 2.45) is 5.14 Å². The summed E-state index contributed by atoms with van der Waals surface area (Å²) >= 11 is 0. The van der Waals surface area contributed by atoms with E-state index in [1.807, 2.05) is 0 Å². The average molecular weight is 166 g/mol. The lowest BCUT2D eigenvalue weighted by Gasteiger charge is -2.07. The highest BCUT2D eigenvalue weighted by molar-refractivity contribution is 7.89. The molecule has 5 nitrogen and oxygen atoms in total. The van der Waals surface area contributed by atoms with Gasteiger partial charge in [-0.15, -0.1) is 0 Å². The van der Waals surface area contributed by atoms with E-state index in [0.717, 1.165) is 0 Å². The minimum atomic E-state index is -3.66. The zero-order valence-corrected chi connectivity index (χ0v) is 6.68. The number of nitrogens with two attached hydrogens (primary N) is 1. The zero-order chi connectivity index (χ0) is 8.36. The van der Waals surface area contributed by atoms with Crippen LogP contribution in [-0.4, -0.2) is 39.1 Å². The number of primary sulfonamides is 1. The van der Waals surface area contributed by atoms with Gasteiger partial charge >= 0.3 is 0 Å². The maximum absolute atomic E-state index is 10.6. The number of carbonyl (C=O) groups is 1. The first-order valence-corrected chi connectivity index (χ1v) is 4.25. The van der Waals surface area contributed by atoms with Crippen molar-refractivity contribution < 1.29 is 13.2 Å². The predicted octanol–water partition coefficient (Wildman–Crippen LogP) is -1.64. The predicted molar refractivity (Wildman–Crippen MR) is 36.7 cm³/mol. The maximum Gasteiger partial charge on any atom is 0.238 e. The minimum absolute atomic E-state index is 0.512. The van der Waals surface area contributed by atoms with Crippen molar-refractivity contribution in [2.75, 3.05) is 19.8 Å². The van der Waals surface area contributed by atoms with Gasteiger partial charge in [-0.05, 0) is 0 Å². The Labute approximate surface area is 59.9 Å². The highest BCUT2D eigenvalue weighted by Gasteiger charge is 2.12. The summed E-state index contributed by atoms with van der Waals surface area (Å²) in [5, 5.41) is 4.60. The molecule has 0 aromatic rings. The molecule has 60 valence electrons. The van der Waals surface area contributed by atoms with Crippen LogP contribution in [0.5, 0.6) is 0 Å². The smallest absolute Gasteiger partial charge is 0.238 e. The van der Waals surface area contributed by atoms with Crippen molar-refractivity contribution in [1.82, 2.24) is 4.90 Å². The van der Waals surface area contributed by atoms with Gasteiger partial charge < -0.3 is 4.90 Å². The molecule has 0 aromatic carbocycles. The molecule has 0 unspecified atom stereocenters. The van der Waals surface area contributed by atoms with E-state index in [0.29, 0.717) is 0 Å². The summed E-state index contributed by atoms with van der Waals surface area (Å²) < 4.78 is 20.6. The first kappa shape index (κ1) is 9.38. The van der Waals surface area contributed by atoms with Crippen molar-refractivity contribution in [3.63, 3.8) is 0 Å². The molecule has 0 heterocycles. The van der Waals surface area contributed by atoms with Crippen LogP contribution in [0.15, 0.2) is 0 Å². The maximum atomic E-state index is 10.6. The molecule has 10 heavy (non-hydrogen) atoms. The summed E-state index contributed by atoms with van der Waals surface area (Å²) in [6.07, 6.45) is 0. The third-order valence-corrected chi connectivity index (χ3v) is 1.47. The van der Waals surface area contributed by atoms with Crippen LogP contribution in [0.2, 0.25) is 0 Å². The van der Waals surface area contributed by atoms with Gasteiger partial charge in [-0.1, -0.05) is 0 Å². The summed E-state index contributed by atoms with van der Waals surface area (Å²) in [5.74, 6) is -1.14. The van der Waals surface area contributed by atoms with Gasteiger partial charge in [0.1, 0.15) is 5.75 Å². The van der Waals surface area contributed by atoms with Gasteiger partial charge in [-0.3, -0.25) is 4.79 Å². The van der Waals surface area contributed by atoms with Gasteiger partial charge in [0.15, 0.2) is 0 Å². The SMILES string of the molecule is CN(C)C(=O)CS(N)(=O)=O. The van der Waals surface area contributed by atoms with Crippen LogP contribution >= 0.6 is 0 Å². The fourth-order valence-electron chi connectivity index (χ4n) is 0.301. The largest absolute Gasteiger partial charge is 0.348 e. The Morgan fingerprint density at radius 2 is 1.90 bits per heavy atom. The fraction of sp³-hybridized carbons (Fsp3) is 0.750. The summed E-state index contributed by atoms with van der Waals surface area (Å²) in [7, 11) is -0.728. The standard InChI is InChI=1S/C4H10N2O3S/c1-6(2)4(7)3-10(5,8)9/h3H2,1-2H3,(H2,5,8,9). The monoisotopic (exact) mass is 166 g/mol. The van der Waals surface area contributed by atoms with E-state index in [4.69, 9.17) is 0 Å². The molecular formula is C4H10N2O3S. The minimum Gasteiger partial charge on any atom is -0.348 e. The van der Waals surface area contributed by atoms with E-state index in [-0.39, 0.29) is 0 Å². The van der Waals surface area contributed by atoms with Crippen LogP contribution in [0.4, 0.5) is 0 Å². The molecular weight excluding hydrogens is 156 g/mol. The van der Waals surface area contributed by atoms with Crippen LogP contribution in [0.1, 0.15) is 0 Å². The third kappa shape index (κ3) is 4.28. The molecule has 6 heteroatoms. The topological polar surface area (TPSA) is 80.5 Å². The van der Waals surface area contributed by atoms with Crippen molar-refractivity contribution in [3.05, 3.63) is 0 Å². The Hall–Kier alpha value is -0.620. The van der Waals surface area contributed by atoms with E-state index in [1.54, 1.807) is 0 Å². The molecule has 0 aliphatic carbocycles. The third-order valence-electron chi connectivity index (χ3n) is 0.823. The Bertz CT molecular complexity index is 219. The molecule has 0 aliphatic rings. The molecule has 2 N–H and O–H groups in total. The molecule has 0 rings (SSSR count). The van der Waals surface area contributed by atoms with Crippen molar-refractivity contribution in [1.29, 1.82) is 0 Å². The van der Waals surface area contributed by atoms with Crippen molar-refractivity contribution in [2.45, 2.75) is 0 Å². The second kappa shape index (κ2) is 2.98. The molecule has 1 amide bonds. The Balaban J connectivity index is 4.07. The number of sulfonamides is 1. The molecule has 0 radical (unpaired) electrons. The van der Waals surface area contributed by atoms with Gasteiger partial charge in [-0.25, -0.2) is 13.6 Å². The summed E-state index contributed by atoms with van der Waals surface area (Å²) in [4.78, 5) is 11.8. The second-order valence-corrected chi connectivity index (χ2v) is 3.71. The van der Waals surface area contributed by atoms with Gasteiger partial charge in [0.2, 0.25) is 15.9 Å². The number of hydrogen-bond donors (Lipinski definition) is 1. The van der Waals surface area contributed by atoms with Crippen LogP contribution in [0, 0.1) is 0 Å². The molecule has 0 bridgehead atoms. The lowest BCUT2D eigenvalue weighted by molar-refractivity contribution is -0.125. The van der Waals surface area contributed by atoms with Crippen LogP contribution < -0.4 is 5.14 Å². The van der Waals surface area contributed by atoms with E-state index < -0.39 is 21.7 Å². The molecule has 0 saturated carbocycles. The number of hydrogen-bond acceptors (Lipinski definition) is 3. The van der Waals surface area contributed by atoms with Crippen LogP contribution in [0.3, 0.4) is 0 Å². The van der Waals surface area contributed by atoms with Crippen molar-refractivity contribution >= 4 is 15.9 Å². The Morgan fingerprint density at radius 1 is 1.50 bits per heavy atom. The normalized spacial score (nSPS) is 11.1. The molecule has 0 aromatic heterocycles. The summed E-state index contributed by atoms with van der Waals surface area (Å²) in [5.41, 5.74) is 0. The van der Waals surface area contributed by atoms with Crippen LogP contribution in [0.25, 0.3) is 0 Å². The van der Waals surface area contributed by atoms with E-state index in [9.17, 15) is 13.2 Å². The average Bonchev–Trinajstić information content (AvgIpc) is 1.60. The highest BCUT2D eigenvalue weighted by Crippen LogP contribution is 1.82. The number of carbonyl (C=O) groups excluding carboxylic acids is 1. The summed E-state index contributed by atoms with van der Waals surface area (Å²) in [6, 6.07) is 0. The van der Waals surface area contributed by atoms with E-state index >= 15 is 0 Å². The lowest BCUT2D eigenvalue weighted by atomic mass is 10.6. The van der Waals surface area contributed by atoms with Gasteiger partial charge in [-0.2, -0.15) is 0 Å². The first-order chi connectivity index (χ1) is 4.33. The summed E-state index contributed by atoms with van der Waals surface area (Å²) in [6.45, 7) is 0. The molecule has 0 atom stereocenters. The Morgan fingerprint density at radius 3 is 2.00 bits per heavy atom. The van der Waals surface area contributed by atoms with Gasteiger partial charge in [0, 0.05) is 14.1 Å². The number of amides is 1. The first-order valence-electron chi connectivity index (χ1n) is 2.53. The van der Waals surface area contributed by atoms with Gasteiger partial charge in [0.05, 0.1) is 0 Å². The molecule has 0 saturated heterocycles. The second-order valence-electron chi connectivity index (χ2n) is 2.10. The van der Waals surface area contributed by atoms with Crippen molar-refractivity contribution in [3.8, 4) is 0 Å². The van der Waals surface area contributed by atoms with Gasteiger partial charge in [0.25, 0.3) is 0 Å². The quantitative estimate of drug-likeness (QED) is 0.534. The number of nitrogens with zero attached hydrogens (tertiary/aromatic N) is 1. The zero-order valence-electron chi connectivity index (χ0n) is 5.86. The Kier molecular flexibility index (Phi) is 2.79. The highest BCUT2D eigenvalue weighted by atomic mass is 32.2. The molecule has 0 aliphatic heterocycles. The van der Waals surface area contributed by atoms with Crippen LogP contribution in [-0.2, 0) is 14.8 Å². The molecule has 0 spiro atoms. The van der Waals surface area contributed by atoms with E-state index in [2.05, 4.69) is 5.14 Å². The lowest BCUT2D eigenvalue weighted by Crippen LogP contribution is -2.32. The molecule has 0 fully saturated rings. The van der Waals surface area contributed by atoms with E-state index in [1.165, 1.54) is 19.0 Å². The fourth-order valence-corrected chi connectivity index (χ4v) is 0.904.